The molecule has 2 aliphatic rings. The van der Waals surface area contributed by atoms with Gasteiger partial charge in [-0.15, -0.1) is 0 Å². The fourth-order valence-electron chi connectivity index (χ4n) is 2.30. The molecule has 20 heavy (non-hydrogen) atoms. The molecule has 2 aliphatic heterocycles. The Balaban J connectivity index is 0.000000321. The van der Waals surface area contributed by atoms with E-state index in [9.17, 15) is 0 Å². The van der Waals surface area contributed by atoms with E-state index >= 15 is 0 Å². The van der Waals surface area contributed by atoms with Gasteiger partial charge in [-0.3, -0.25) is 9.80 Å². The second kappa shape index (κ2) is 9.72. The van der Waals surface area contributed by atoms with E-state index in [2.05, 4.69) is 62.2 Å². The number of hydrogen-bond acceptors (Lipinski definition) is 4. The number of piperazine rings is 2. The third-order valence-corrected chi connectivity index (χ3v) is 4.48. The van der Waals surface area contributed by atoms with Crippen LogP contribution in [0.5, 0.6) is 0 Å². The highest BCUT2D eigenvalue weighted by Crippen LogP contribution is 2.12. The highest BCUT2D eigenvalue weighted by atomic mass is 15.2. The SMILES string of the molecule is CC.CN1CCNCC1(C)C.C[C@@H]1CNC[C@H](C)N1C. The Morgan fingerprint density at radius 3 is 1.75 bits per heavy atom. The molecule has 0 amide bonds. The average Bonchev–Trinajstić information content (AvgIpc) is 2.42. The molecular formula is C16H38N4. The van der Waals surface area contributed by atoms with Crippen molar-refractivity contribution in [3.8, 4) is 0 Å². The fraction of sp³-hybridized carbons (Fsp3) is 1.00. The molecule has 2 heterocycles. The second-order valence-corrected chi connectivity index (χ2v) is 6.43. The van der Waals surface area contributed by atoms with E-state index in [1.165, 1.54) is 6.54 Å². The highest BCUT2D eigenvalue weighted by Gasteiger charge is 2.25. The molecule has 0 bridgehead atoms. The molecular weight excluding hydrogens is 248 g/mol. The second-order valence-electron chi connectivity index (χ2n) is 6.43. The molecule has 0 aromatic heterocycles. The quantitative estimate of drug-likeness (QED) is 0.708. The minimum atomic E-state index is 0.359. The molecule has 4 heteroatoms. The van der Waals surface area contributed by atoms with Crippen LogP contribution in [0, 0.1) is 0 Å². The van der Waals surface area contributed by atoms with Crippen LogP contribution in [0.1, 0.15) is 41.5 Å². The average molecular weight is 287 g/mol. The summed E-state index contributed by atoms with van der Waals surface area (Å²) in [6.45, 7) is 18.7. The largest absolute Gasteiger partial charge is 0.314 e. The van der Waals surface area contributed by atoms with E-state index in [1.807, 2.05) is 13.8 Å². The van der Waals surface area contributed by atoms with Crippen LogP contribution in [0.2, 0.25) is 0 Å². The number of rotatable bonds is 0. The van der Waals surface area contributed by atoms with Crippen molar-refractivity contribution >= 4 is 0 Å². The molecule has 2 fully saturated rings. The summed E-state index contributed by atoms with van der Waals surface area (Å²) in [5.74, 6) is 0. The zero-order chi connectivity index (χ0) is 15.8. The lowest BCUT2D eigenvalue weighted by molar-refractivity contribution is 0.123. The first-order valence-corrected chi connectivity index (χ1v) is 8.19. The van der Waals surface area contributed by atoms with Crippen molar-refractivity contribution in [3.63, 3.8) is 0 Å². The van der Waals surface area contributed by atoms with Crippen molar-refractivity contribution in [2.45, 2.75) is 59.2 Å². The molecule has 0 aliphatic carbocycles. The normalized spacial score (nSPS) is 30.6. The lowest BCUT2D eigenvalue weighted by atomic mass is 10.0. The molecule has 0 spiro atoms. The van der Waals surface area contributed by atoms with Gasteiger partial charge in [0, 0.05) is 50.3 Å². The van der Waals surface area contributed by atoms with Crippen LogP contribution in [-0.2, 0) is 0 Å². The predicted molar refractivity (Wildman–Crippen MR) is 90.5 cm³/mol. The molecule has 0 aromatic carbocycles. The standard InChI is InChI=1S/2C7H16N2.C2H6/c1-6-4-8-5-7(2)9(6)3;1-7(2)6-8-4-5-9(7)3;1-2/h6-8H,4-5H2,1-3H3;8H,4-6H2,1-3H3;1-2H3/t6-,7+;;. The summed E-state index contributed by atoms with van der Waals surface area (Å²) in [5.41, 5.74) is 0.359. The molecule has 0 saturated carbocycles. The number of likely N-dealkylation sites (N-methyl/N-ethyl adjacent to an activating group) is 2. The third kappa shape index (κ3) is 6.53. The number of nitrogens with one attached hydrogen (secondary N) is 2. The van der Waals surface area contributed by atoms with Gasteiger partial charge in [0.25, 0.3) is 0 Å². The first-order valence-electron chi connectivity index (χ1n) is 8.19. The van der Waals surface area contributed by atoms with Gasteiger partial charge in [0.05, 0.1) is 0 Å². The van der Waals surface area contributed by atoms with Crippen molar-refractivity contribution in [1.29, 1.82) is 0 Å². The summed E-state index contributed by atoms with van der Waals surface area (Å²) in [4.78, 5) is 4.81. The molecule has 0 aromatic rings. The summed E-state index contributed by atoms with van der Waals surface area (Å²) in [5, 5.41) is 6.74. The molecule has 122 valence electrons. The topological polar surface area (TPSA) is 30.5 Å². The van der Waals surface area contributed by atoms with Crippen molar-refractivity contribution in [1.82, 2.24) is 20.4 Å². The Morgan fingerprint density at radius 2 is 1.45 bits per heavy atom. The van der Waals surface area contributed by atoms with E-state index in [-0.39, 0.29) is 0 Å². The van der Waals surface area contributed by atoms with E-state index in [4.69, 9.17) is 0 Å². The monoisotopic (exact) mass is 286 g/mol. The summed E-state index contributed by atoms with van der Waals surface area (Å²) in [6.07, 6.45) is 0. The zero-order valence-electron chi connectivity index (χ0n) is 15.1. The number of nitrogens with zero attached hydrogens (tertiary/aromatic N) is 2. The molecule has 2 N–H and O–H groups in total. The van der Waals surface area contributed by atoms with E-state index < -0.39 is 0 Å². The van der Waals surface area contributed by atoms with Crippen molar-refractivity contribution in [2.75, 3.05) is 46.8 Å². The number of hydrogen-bond donors (Lipinski definition) is 2. The van der Waals surface area contributed by atoms with Gasteiger partial charge < -0.3 is 10.6 Å². The van der Waals surface area contributed by atoms with Gasteiger partial charge in [0.2, 0.25) is 0 Å². The minimum Gasteiger partial charge on any atom is -0.314 e. The van der Waals surface area contributed by atoms with Crippen LogP contribution in [0.4, 0.5) is 0 Å². The van der Waals surface area contributed by atoms with Gasteiger partial charge in [-0.25, -0.2) is 0 Å². The first kappa shape index (κ1) is 19.8. The highest BCUT2D eigenvalue weighted by molar-refractivity contribution is 4.85. The smallest absolute Gasteiger partial charge is 0.0275 e. The van der Waals surface area contributed by atoms with Gasteiger partial charge >= 0.3 is 0 Å². The van der Waals surface area contributed by atoms with E-state index in [1.54, 1.807) is 0 Å². The van der Waals surface area contributed by atoms with Crippen LogP contribution in [0.3, 0.4) is 0 Å². The van der Waals surface area contributed by atoms with Crippen LogP contribution in [0.25, 0.3) is 0 Å². The molecule has 0 radical (unpaired) electrons. The maximum atomic E-state index is 3.37. The third-order valence-electron chi connectivity index (χ3n) is 4.48. The van der Waals surface area contributed by atoms with E-state index in [0.717, 1.165) is 26.2 Å². The summed E-state index contributed by atoms with van der Waals surface area (Å²) in [6, 6.07) is 1.41. The Bertz CT molecular complexity index is 233. The van der Waals surface area contributed by atoms with Gasteiger partial charge in [-0.1, -0.05) is 13.8 Å². The van der Waals surface area contributed by atoms with Crippen LogP contribution in [0.15, 0.2) is 0 Å². The van der Waals surface area contributed by atoms with Gasteiger partial charge in [-0.2, -0.15) is 0 Å². The Hall–Kier alpha value is -0.160. The van der Waals surface area contributed by atoms with Gasteiger partial charge in [0.15, 0.2) is 0 Å². The molecule has 0 unspecified atom stereocenters. The van der Waals surface area contributed by atoms with Crippen molar-refractivity contribution < 1.29 is 0 Å². The molecule has 4 nitrogen and oxygen atoms in total. The Morgan fingerprint density at radius 1 is 0.950 bits per heavy atom. The lowest BCUT2D eigenvalue weighted by Crippen LogP contribution is -2.55. The molecule has 2 saturated heterocycles. The van der Waals surface area contributed by atoms with Gasteiger partial charge in [0.1, 0.15) is 0 Å². The summed E-state index contributed by atoms with van der Waals surface area (Å²) < 4.78 is 0. The van der Waals surface area contributed by atoms with Crippen molar-refractivity contribution in [3.05, 3.63) is 0 Å². The van der Waals surface area contributed by atoms with E-state index in [0.29, 0.717) is 17.6 Å². The Kier molecular flexibility index (Phi) is 9.64. The summed E-state index contributed by atoms with van der Waals surface area (Å²) >= 11 is 0. The van der Waals surface area contributed by atoms with Crippen LogP contribution in [-0.4, -0.2) is 74.2 Å². The first-order chi connectivity index (χ1) is 9.34. The van der Waals surface area contributed by atoms with Crippen LogP contribution >= 0.6 is 0 Å². The minimum absolute atomic E-state index is 0.359. The predicted octanol–water partition coefficient (Wildman–Crippen LogP) is 1.62. The Labute approximate surface area is 127 Å². The fourth-order valence-corrected chi connectivity index (χ4v) is 2.30. The lowest BCUT2D eigenvalue weighted by Gasteiger charge is -2.40. The molecule has 2 atom stereocenters. The zero-order valence-corrected chi connectivity index (χ0v) is 15.1. The molecule has 2 rings (SSSR count). The van der Waals surface area contributed by atoms with Crippen LogP contribution < -0.4 is 10.6 Å². The summed E-state index contributed by atoms with van der Waals surface area (Å²) in [7, 11) is 4.37. The maximum Gasteiger partial charge on any atom is 0.0275 e. The van der Waals surface area contributed by atoms with Crippen molar-refractivity contribution in [2.24, 2.45) is 0 Å². The van der Waals surface area contributed by atoms with Gasteiger partial charge in [-0.05, 0) is 41.8 Å². The maximum absolute atomic E-state index is 3.37.